The van der Waals surface area contributed by atoms with Crippen LogP contribution >= 0.6 is 0 Å². The summed E-state index contributed by atoms with van der Waals surface area (Å²) in [6.45, 7) is 4.87. The molecule has 0 aliphatic heterocycles. The topological polar surface area (TPSA) is 64.4 Å². The summed E-state index contributed by atoms with van der Waals surface area (Å²) in [6, 6.07) is 24.6. The molecule has 1 atom stereocenters. The zero-order valence-corrected chi connectivity index (χ0v) is 23.3. The van der Waals surface area contributed by atoms with Gasteiger partial charge in [-0.25, -0.2) is 4.98 Å². The Morgan fingerprint density at radius 1 is 0.923 bits per heavy atom. The van der Waals surface area contributed by atoms with Gasteiger partial charge >= 0.3 is 0 Å². The van der Waals surface area contributed by atoms with Gasteiger partial charge in [-0.1, -0.05) is 87.7 Å². The maximum Gasteiger partial charge on any atom is 0.266 e. The molecular weight excluding hydrogens is 486 g/mol. The van der Waals surface area contributed by atoms with Crippen molar-refractivity contribution in [3.8, 4) is 11.4 Å². The van der Waals surface area contributed by atoms with Crippen LogP contribution in [0.3, 0.4) is 0 Å². The van der Waals surface area contributed by atoms with Crippen LogP contribution in [0.1, 0.15) is 69.8 Å². The van der Waals surface area contributed by atoms with Gasteiger partial charge in [-0.2, -0.15) is 0 Å². The lowest BCUT2D eigenvalue weighted by Gasteiger charge is -2.33. The fourth-order valence-electron chi connectivity index (χ4n) is 5.17. The summed E-state index contributed by atoms with van der Waals surface area (Å²) in [5, 5.41) is 0.534. The normalized spacial score (nSPS) is 11.9. The van der Waals surface area contributed by atoms with Crippen molar-refractivity contribution < 1.29 is 9.53 Å². The highest BCUT2D eigenvalue weighted by Gasteiger charge is 2.29. The average Bonchev–Trinajstić information content (AvgIpc) is 2.98. The lowest BCUT2D eigenvalue weighted by molar-refractivity contribution is -0.134. The van der Waals surface area contributed by atoms with Crippen molar-refractivity contribution in [2.75, 3.05) is 13.7 Å². The number of aryl methyl sites for hydroxylation is 1. The Balaban J connectivity index is 1.81. The Kier molecular flexibility index (Phi) is 9.90. The molecule has 1 heterocycles. The number of aromatic nitrogens is 2. The summed E-state index contributed by atoms with van der Waals surface area (Å²) in [5.74, 6) is 1.23. The predicted molar refractivity (Wildman–Crippen MR) is 158 cm³/mol. The van der Waals surface area contributed by atoms with Crippen molar-refractivity contribution in [1.82, 2.24) is 14.5 Å². The number of hydrogen-bond acceptors (Lipinski definition) is 4. The summed E-state index contributed by atoms with van der Waals surface area (Å²) >= 11 is 0. The van der Waals surface area contributed by atoms with Gasteiger partial charge in [-0.3, -0.25) is 14.2 Å². The van der Waals surface area contributed by atoms with Crippen LogP contribution in [-0.2, 0) is 11.2 Å². The van der Waals surface area contributed by atoms with Crippen molar-refractivity contribution in [3.05, 3.63) is 101 Å². The number of nitrogens with zero attached hydrogens (tertiary/aromatic N) is 3. The monoisotopic (exact) mass is 525 g/mol. The standard InChI is InChI=1S/C33H39N3O3/c1-4-6-7-15-24-35(31(37)23-22-25-16-9-8-10-17-25)28(5-2)32-34-27-19-12-11-18-26(27)33(38)36(32)29-20-13-14-21-30(29)39-3/h8-14,16-21,28H,4-7,15,22-24H2,1-3H3. The third-order valence-corrected chi connectivity index (χ3v) is 7.23. The van der Waals surface area contributed by atoms with Crippen LogP contribution in [0.15, 0.2) is 83.7 Å². The van der Waals surface area contributed by atoms with Crippen molar-refractivity contribution in [1.29, 1.82) is 0 Å². The molecular formula is C33H39N3O3. The minimum absolute atomic E-state index is 0.0798. The van der Waals surface area contributed by atoms with Crippen LogP contribution in [0.25, 0.3) is 16.6 Å². The van der Waals surface area contributed by atoms with Crippen molar-refractivity contribution in [2.24, 2.45) is 0 Å². The van der Waals surface area contributed by atoms with Gasteiger partial charge in [0, 0.05) is 13.0 Å². The van der Waals surface area contributed by atoms with Gasteiger partial charge in [0.1, 0.15) is 11.6 Å². The molecule has 4 rings (SSSR count). The number of carbonyl (C=O) groups is 1. The molecule has 0 saturated carbocycles. The summed E-state index contributed by atoms with van der Waals surface area (Å²) in [6.07, 6.45) is 5.92. The van der Waals surface area contributed by atoms with E-state index in [9.17, 15) is 9.59 Å². The number of fused-ring (bicyclic) bond motifs is 1. The van der Waals surface area contributed by atoms with Gasteiger partial charge in [0.25, 0.3) is 5.56 Å². The first-order valence-electron chi connectivity index (χ1n) is 14.1. The quantitative estimate of drug-likeness (QED) is 0.178. The molecule has 0 fully saturated rings. The van der Waals surface area contributed by atoms with Crippen molar-refractivity contribution in [3.63, 3.8) is 0 Å². The zero-order valence-electron chi connectivity index (χ0n) is 23.3. The number of methoxy groups -OCH3 is 1. The molecule has 4 aromatic rings. The molecule has 0 aliphatic rings. The van der Waals surface area contributed by atoms with E-state index in [-0.39, 0.29) is 17.5 Å². The van der Waals surface area contributed by atoms with E-state index in [1.54, 1.807) is 17.7 Å². The summed E-state index contributed by atoms with van der Waals surface area (Å²) < 4.78 is 7.31. The van der Waals surface area contributed by atoms with E-state index in [4.69, 9.17) is 9.72 Å². The molecule has 204 valence electrons. The van der Waals surface area contributed by atoms with E-state index in [0.29, 0.717) is 54.0 Å². The van der Waals surface area contributed by atoms with Crippen LogP contribution in [0.2, 0.25) is 0 Å². The largest absolute Gasteiger partial charge is 0.495 e. The maximum absolute atomic E-state index is 14.0. The molecule has 0 aliphatic carbocycles. The van der Waals surface area contributed by atoms with Crippen LogP contribution < -0.4 is 10.3 Å². The second-order valence-electron chi connectivity index (χ2n) is 9.86. The molecule has 3 aromatic carbocycles. The summed E-state index contributed by atoms with van der Waals surface area (Å²) in [7, 11) is 1.60. The Bertz CT molecular complexity index is 1430. The smallest absolute Gasteiger partial charge is 0.266 e. The van der Waals surface area contributed by atoms with Crippen LogP contribution in [-0.4, -0.2) is 34.0 Å². The van der Waals surface area contributed by atoms with E-state index < -0.39 is 0 Å². The number of ether oxygens (including phenoxy) is 1. The second-order valence-corrected chi connectivity index (χ2v) is 9.86. The minimum Gasteiger partial charge on any atom is -0.495 e. The Morgan fingerprint density at radius 2 is 1.64 bits per heavy atom. The highest BCUT2D eigenvalue weighted by Crippen LogP contribution is 2.30. The Hall–Kier alpha value is -3.93. The first-order valence-corrected chi connectivity index (χ1v) is 14.1. The lowest BCUT2D eigenvalue weighted by Crippen LogP contribution is -2.39. The molecule has 0 bridgehead atoms. The van der Waals surface area contributed by atoms with E-state index in [0.717, 1.165) is 31.2 Å². The zero-order chi connectivity index (χ0) is 27.6. The molecule has 6 heteroatoms. The number of rotatable bonds is 13. The van der Waals surface area contributed by atoms with Gasteiger partial charge < -0.3 is 9.64 Å². The van der Waals surface area contributed by atoms with Crippen LogP contribution in [0.4, 0.5) is 0 Å². The number of unbranched alkanes of at least 4 members (excludes halogenated alkanes) is 3. The van der Waals surface area contributed by atoms with Crippen molar-refractivity contribution in [2.45, 2.75) is 64.8 Å². The third-order valence-electron chi connectivity index (χ3n) is 7.23. The SMILES string of the molecule is CCCCCCN(C(=O)CCc1ccccc1)C(CC)c1nc2ccccc2c(=O)n1-c1ccccc1OC. The predicted octanol–water partition coefficient (Wildman–Crippen LogP) is 6.89. The van der Waals surface area contributed by atoms with Gasteiger partial charge in [0.15, 0.2) is 0 Å². The molecule has 1 unspecified atom stereocenters. The van der Waals surface area contributed by atoms with Gasteiger partial charge in [0.2, 0.25) is 5.91 Å². The van der Waals surface area contributed by atoms with E-state index in [1.807, 2.05) is 65.6 Å². The molecule has 39 heavy (non-hydrogen) atoms. The fourth-order valence-corrected chi connectivity index (χ4v) is 5.17. The average molecular weight is 526 g/mol. The Morgan fingerprint density at radius 3 is 2.38 bits per heavy atom. The summed E-state index contributed by atoms with van der Waals surface area (Å²) in [4.78, 5) is 34.9. The van der Waals surface area contributed by atoms with Gasteiger partial charge in [0.05, 0.1) is 29.7 Å². The molecule has 1 amide bonds. The second kappa shape index (κ2) is 13.7. The van der Waals surface area contributed by atoms with E-state index in [1.165, 1.54) is 0 Å². The van der Waals surface area contributed by atoms with Crippen molar-refractivity contribution >= 4 is 16.8 Å². The lowest BCUT2D eigenvalue weighted by atomic mass is 10.1. The highest BCUT2D eigenvalue weighted by atomic mass is 16.5. The molecule has 0 radical (unpaired) electrons. The number of carbonyl (C=O) groups excluding carboxylic acids is 1. The molecule has 6 nitrogen and oxygen atoms in total. The van der Waals surface area contributed by atoms with Crippen LogP contribution in [0.5, 0.6) is 5.75 Å². The first-order chi connectivity index (χ1) is 19.1. The number of para-hydroxylation sites is 3. The van der Waals surface area contributed by atoms with Gasteiger partial charge in [-0.05, 0) is 49.1 Å². The van der Waals surface area contributed by atoms with E-state index in [2.05, 4.69) is 26.0 Å². The Labute approximate surface area is 231 Å². The maximum atomic E-state index is 14.0. The summed E-state index contributed by atoms with van der Waals surface area (Å²) in [5.41, 5.74) is 2.23. The molecule has 0 spiro atoms. The molecule has 1 aromatic heterocycles. The number of amides is 1. The minimum atomic E-state index is -0.364. The van der Waals surface area contributed by atoms with E-state index >= 15 is 0 Å². The fraction of sp³-hybridized carbons (Fsp3) is 0.364. The molecule has 0 N–H and O–H groups in total. The van der Waals surface area contributed by atoms with Gasteiger partial charge in [-0.15, -0.1) is 0 Å². The third kappa shape index (κ3) is 6.56. The molecule has 0 saturated heterocycles. The van der Waals surface area contributed by atoms with Crippen LogP contribution in [0, 0.1) is 0 Å². The number of benzene rings is 3. The number of hydrogen-bond donors (Lipinski definition) is 0. The highest BCUT2D eigenvalue weighted by molar-refractivity contribution is 5.79. The first kappa shape index (κ1) is 28.1.